The fraction of sp³-hybridized carbons (Fsp3) is 0.333. The van der Waals surface area contributed by atoms with E-state index >= 15 is 0 Å². The molecule has 1 amide bonds. The van der Waals surface area contributed by atoms with Gasteiger partial charge in [-0.15, -0.1) is 11.3 Å². The first-order chi connectivity index (χ1) is 13.2. The molecule has 1 aliphatic rings. The van der Waals surface area contributed by atoms with Crippen LogP contribution < -0.4 is 0 Å². The van der Waals surface area contributed by atoms with Crippen LogP contribution in [-0.4, -0.2) is 34.0 Å². The van der Waals surface area contributed by atoms with Gasteiger partial charge in [0.05, 0.1) is 17.5 Å². The standard InChI is InChI=1S/C21H23N3O2S/c1-23(21(25)19-10-9-18(27-19)17-8-5-13-26-17)15-20-22-11-12-24(20)14-16-6-3-2-4-7-16/h2-4,6-7,9-12,17H,5,8,13-15H2,1H3. The van der Waals surface area contributed by atoms with Crippen molar-refractivity contribution >= 4 is 17.2 Å². The number of amides is 1. The van der Waals surface area contributed by atoms with Crippen LogP contribution in [0.1, 0.15) is 44.9 Å². The van der Waals surface area contributed by atoms with Crippen molar-refractivity contribution in [3.05, 3.63) is 76.0 Å². The Labute approximate surface area is 163 Å². The molecule has 4 rings (SSSR count). The molecule has 0 radical (unpaired) electrons. The predicted molar refractivity (Wildman–Crippen MR) is 106 cm³/mol. The van der Waals surface area contributed by atoms with Crippen molar-refractivity contribution in [3.8, 4) is 0 Å². The number of benzene rings is 1. The van der Waals surface area contributed by atoms with Crippen molar-refractivity contribution in [2.75, 3.05) is 13.7 Å². The molecule has 1 atom stereocenters. The largest absolute Gasteiger partial charge is 0.373 e. The molecule has 6 heteroatoms. The number of nitrogens with zero attached hydrogens (tertiary/aromatic N) is 3. The third-order valence-electron chi connectivity index (χ3n) is 4.81. The number of hydrogen-bond acceptors (Lipinski definition) is 4. The van der Waals surface area contributed by atoms with E-state index < -0.39 is 0 Å². The zero-order chi connectivity index (χ0) is 18.6. The zero-order valence-corrected chi connectivity index (χ0v) is 16.2. The van der Waals surface area contributed by atoms with E-state index in [1.54, 1.807) is 22.4 Å². The molecule has 2 aromatic heterocycles. The molecular formula is C21H23N3O2S. The Morgan fingerprint density at radius 2 is 2.15 bits per heavy atom. The summed E-state index contributed by atoms with van der Waals surface area (Å²) in [5, 5.41) is 0. The van der Waals surface area contributed by atoms with Gasteiger partial charge in [0.1, 0.15) is 5.82 Å². The molecule has 1 saturated heterocycles. The Morgan fingerprint density at radius 1 is 1.30 bits per heavy atom. The van der Waals surface area contributed by atoms with Crippen LogP contribution in [0.2, 0.25) is 0 Å². The molecule has 140 valence electrons. The third kappa shape index (κ3) is 4.12. The maximum atomic E-state index is 12.8. The molecular weight excluding hydrogens is 358 g/mol. The molecule has 0 spiro atoms. The van der Waals surface area contributed by atoms with E-state index in [0.717, 1.165) is 41.6 Å². The first-order valence-electron chi connectivity index (χ1n) is 9.21. The van der Waals surface area contributed by atoms with Gasteiger partial charge in [-0.2, -0.15) is 0 Å². The van der Waals surface area contributed by atoms with Gasteiger partial charge in [-0.1, -0.05) is 30.3 Å². The molecule has 1 fully saturated rings. The second-order valence-electron chi connectivity index (χ2n) is 6.82. The minimum atomic E-state index is 0.0264. The molecule has 3 aromatic rings. The monoisotopic (exact) mass is 381 g/mol. The molecule has 3 heterocycles. The van der Waals surface area contributed by atoms with Crippen LogP contribution in [-0.2, 0) is 17.8 Å². The van der Waals surface area contributed by atoms with Gasteiger partial charge in [-0.3, -0.25) is 4.79 Å². The highest BCUT2D eigenvalue weighted by atomic mass is 32.1. The smallest absolute Gasteiger partial charge is 0.264 e. The van der Waals surface area contributed by atoms with E-state index in [1.807, 2.05) is 43.6 Å². The minimum Gasteiger partial charge on any atom is -0.373 e. The fourth-order valence-corrected chi connectivity index (χ4v) is 4.42. The van der Waals surface area contributed by atoms with E-state index in [-0.39, 0.29) is 12.0 Å². The number of rotatable bonds is 6. The van der Waals surface area contributed by atoms with Crippen LogP contribution in [0.5, 0.6) is 0 Å². The van der Waals surface area contributed by atoms with Crippen LogP contribution >= 0.6 is 11.3 Å². The second kappa shape index (κ2) is 8.06. The molecule has 0 bridgehead atoms. The van der Waals surface area contributed by atoms with E-state index in [2.05, 4.69) is 21.7 Å². The lowest BCUT2D eigenvalue weighted by atomic mass is 10.2. The average molecular weight is 382 g/mol. The topological polar surface area (TPSA) is 47.4 Å². The SMILES string of the molecule is CN(Cc1nccn1Cc1ccccc1)C(=O)c1ccc(C2CCCO2)s1. The van der Waals surface area contributed by atoms with Gasteiger partial charge in [0.2, 0.25) is 0 Å². The third-order valence-corrected chi connectivity index (χ3v) is 5.97. The normalized spacial score (nSPS) is 16.6. The summed E-state index contributed by atoms with van der Waals surface area (Å²) < 4.78 is 7.81. The van der Waals surface area contributed by atoms with Crippen molar-refractivity contribution < 1.29 is 9.53 Å². The molecule has 0 aliphatic carbocycles. The lowest BCUT2D eigenvalue weighted by Gasteiger charge is -2.17. The van der Waals surface area contributed by atoms with Crippen molar-refractivity contribution in [2.24, 2.45) is 0 Å². The Morgan fingerprint density at radius 3 is 2.93 bits per heavy atom. The molecule has 1 unspecified atom stereocenters. The summed E-state index contributed by atoms with van der Waals surface area (Å²) in [6, 6.07) is 14.2. The molecule has 1 aliphatic heterocycles. The summed E-state index contributed by atoms with van der Waals surface area (Å²) in [6.45, 7) is 2.04. The summed E-state index contributed by atoms with van der Waals surface area (Å²) in [4.78, 5) is 20.9. The summed E-state index contributed by atoms with van der Waals surface area (Å²) in [5.41, 5.74) is 1.21. The Hall–Kier alpha value is -2.44. The number of carbonyl (C=O) groups excluding carboxylic acids is 1. The molecule has 1 aromatic carbocycles. The maximum Gasteiger partial charge on any atom is 0.264 e. The number of imidazole rings is 1. The van der Waals surface area contributed by atoms with Crippen molar-refractivity contribution in [1.82, 2.24) is 14.5 Å². The number of hydrogen-bond donors (Lipinski definition) is 0. The summed E-state index contributed by atoms with van der Waals surface area (Å²) in [6.07, 6.45) is 6.04. The Kier molecular flexibility index (Phi) is 5.36. The van der Waals surface area contributed by atoms with Gasteiger partial charge in [0, 0.05) is 37.5 Å². The number of carbonyl (C=O) groups is 1. The summed E-state index contributed by atoms with van der Waals surface area (Å²) >= 11 is 1.54. The van der Waals surface area contributed by atoms with Crippen LogP contribution in [0.25, 0.3) is 0 Å². The Bertz CT molecular complexity index is 897. The van der Waals surface area contributed by atoms with E-state index in [0.29, 0.717) is 6.54 Å². The van der Waals surface area contributed by atoms with Gasteiger partial charge < -0.3 is 14.2 Å². The van der Waals surface area contributed by atoms with Crippen molar-refractivity contribution in [1.29, 1.82) is 0 Å². The molecule has 27 heavy (non-hydrogen) atoms. The van der Waals surface area contributed by atoms with Gasteiger partial charge in [-0.25, -0.2) is 4.98 Å². The quantitative estimate of drug-likeness (QED) is 0.645. The van der Waals surface area contributed by atoms with Crippen LogP contribution in [0, 0.1) is 0 Å². The van der Waals surface area contributed by atoms with Crippen LogP contribution in [0.3, 0.4) is 0 Å². The summed E-state index contributed by atoms with van der Waals surface area (Å²) in [7, 11) is 1.83. The molecule has 0 saturated carbocycles. The fourth-order valence-electron chi connectivity index (χ4n) is 3.33. The average Bonchev–Trinajstić information content (AvgIpc) is 3.44. The van der Waals surface area contributed by atoms with Gasteiger partial charge in [-0.05, 0) is 30.5 Å². The molecule has 0 N–H and O–H groups in total. The van der Waals surface area contributed by atoms with Crippen molar-refractivity contribution in [3.63, 3.8) is 0 Å². The van der Waals surface area contributed by atoms with Gasteiger partial charge >= 0.3 is 0 Å². The number of thiophene rings is 1. The highest BCUT2D eigenvalue weighted by molar-refractivity contribution is 7.14. The molecule has 5 nitrogen and oxygen atoms in total. The van der Waals surface area contributed by atoms with E-state index in [4.69, 9.17) is 4.74 Å². The highest BCUT2D eigenvalue weighted by Gasteiger charge is 2.22. The van der Waals surface area contributed by atoms with E-state index in [9.17, 15) is 4.79 Å². The second-order valence-corrected chi connectivity index (χ2v) is 7.94. The lowest BCUT2D eigenvalue weighted by Crippen LogP contribution is -2.27. The van der Waals surface area contributed by atoms with Crippen molar-refractivity contribution in [2.45, 2.75) is 32.0 Å². The van der Waals surface area contributed by atoms with Crippen LogP contribution in [0.4, 0.5) is 0 Å². The first kappa shape index (κ1) is 17.9. The Balaban J connectivity index is 1.42. The van der Waals surface area contributed by atoms with E-state index in [1.165, 1.54) is 5.56 Å². The predicted octanol–water partition coefficient (Wildman–Crippen LogP) is 4.12. The highest BCUT2D eigenvalue weighted by Crippen LogP contribution is 2.33. The maximum absolute atomic E-state index is 12.8. The summed E-state index contributed by atoms with van der Waals surface area (Å²) in [5.74, 6) is 0.907. The first-order valence-corrected chi connectivity index (χ1v) is 10.0. The lowest BCUT2D eigenvalue weighted by molar-refractivity contribution is 0.0785. The number of ether oxygens (including phenoxy) is 1. The van der Waals surface area contributed by atoms with Gasteiger partial charge in [0.25, 0.3) is 5.91 Å². The minimum absolute atomic E-state index is 0.0264. The number of aromatic nitrogens is 2. The van der Waals surface area contributed by atoms with Gasteiger partial charge in [0.15, 0.2) is 0 Å². The zero-order valence-electron chi connectivity index (χ0n) is 15.4. The van der Waals surface area contributed by atoms with Crippen LogP contribution in [0.15, 0.2) is 54.9 Å².